The van der Waals surface area contributed by atoms with Crippen LogP contribution >= 0.6 is 11.8 Å². The zero-order valence-electron chi connectivity index (χ0n) is 16.3. The summed E-state index contributed by atoms with van der Waals surface area (Å²) in [5, 5.41) is 2.82. The van der Waals surface area contributed by atoms with Crippen LogP contribution in [0, 0.1) is 13.8 Å². The van der Waals surface area contributed by atoms with Gasteiger partial charge < -0.3 is 5.32 Å². The maximum Gasteiger partial charge on any atom is 0.243 e. The summed E-state index contributed by atoms with van der Waals surface area (Å²) in [7, 11) is -3.51. The third kappa shape index (κ3) is 5.16. The number of aryl methyl sites for hydroxylation is 2. The first-order chi connectivity index (χ1) is 13.4. The van der Waals surface area contributed by atoms with Crippen molar-refractivity contribution in [2.45, 2.75) is 42.9 Å². The Morgan fingerprint density at radius 1 is 1.07 bits per heavy atom. The summed E-state index contributed by atoms with van der Waals surface area (Å²) in [5.74, 6) is 0.116. The zero-order valence-corrected chi connectivity index (χ0v) is 17.9. The second kappa shape index (κ2) is 9.11. The maximum absolute atomic E-state index is 12.8. The van der Waals surface area contributed by atoms with Crippen molar-refractivity contribution in [3.63, 3.8) is 0 Å². The number of thioether (sulfide) groups is 1. The van der Waals surface area contributed by atoms with Crippen molar-refractivity contribution >= 4 is 33.4 Å². The van der Waals surface area contributed by atoms with Crippen LogP contribution < -0.4 is 5.32 Å². The monoisotopic (exact) mass is 418 g/mol. The van der Waals surface area contributed by atoms with Gasteiger partial charge in [0.05, 0.1) is 10.6 Å². The molecule has 28 heavy (non-hydrogen) atoms. The lowest BCUT2D eigenvalue weighted by Crippen LogP contribution is -2.35. The minimum atomic E-state index is -3.51. The molecule has 1 amide bonds. The largest absolute Gasteiger partial charge is 0.325 e. The third-order valence-corrected chi connectivity index (χ3v) is 7.83. The lowest BCUT2D eigenvalue weighted by atomic mass is 10.2. The van der Waals surface area contributed by atoms with Gasteiger partial charge in [-0.15, -0.1) is 11.8 Å². The van der Waals surface area contributed by atoms with E-state index in [9.17, 15) is 13.2 Å². The van der Waals surface area contributed by atoms with Crippen molar-refractivity contribution in [2.75, 3.05) is 24.2 Å². The Hall–Kier alpha value is -1.83. The van der Waals surface area contributed by atoms with Crippen molar-refractivity contribution in [3.8, 4) is 0 Å². The summed E-state index contributed by atoms with van der Waals surface area (Å²) in [4.78, 5) is 13.6. The van der Waals surface area contributed by atoms with Gasteiger partial charge in [0.25, 0.3) is 0 Å². The summed E-state index contributed by atoms with van der Waals surface area (Å²) < 4.78 is 27.2. The van der Waals surface area contributed by atoms with Gasteiger partial charge in [-0.1, -0.05) is 30.2 Å². The predicted molar refractivity (Wildman–Crippen MR) is 114 cm³/mol. The first-order valence-electron chi connectivity index (χ1n) is 9.46. The van der Waals surface area contributed by atoms with E-state index in [1.54, 1.807) is 24.3 Å². The minimum absolute atomic E-state index is 0.155. The maximum atomic E-state index is 12.8. The van der Waals surface area contributed by atoms with E-state index in [1.807, 2.05) is 26.0 Å². The molecule has 7 heteroatoms. The van der Waals surface area contributed by atoms with E-state index in [-0.39, 0.29) is 16.6 Å². The highest BCUT2D eigenvalue weighted by Crippen LogP contribution is 2.25. The van der Waals surface area contributed by atoms with Crippen LogP contribution in [-0.4, -0.2) is 37.5 Å². The molecule has 1 aliphatic rings. The molecule has 1 aliphatic heterocycles. The number of nitrogens with one attached hydrogen (secondary N) is 1. The van der Waals surface area contributed by atoms with Gasteiger partial charge in [-0.25, -0.2) is 8.42 Å². The van der Waals surface area contributed by atoms with Crippen LogP contribution in [0.2, 0.25) is 0 Å². The van der Waals surface area contributed by atoms with Crippen LogP contribution in [0.3, 0.4) is 0 Å². The normalized spacial score (nSPS) is 15.4. The van der Waals surface area contributed by atoms with Crippen molar-refractivity contribution in [1.29, 1.82) is 0 Å². The molecule has 0 aliphatic carbocycles. The van der Waals surface area contributed by atoms with Crippen molar-refractivity contribution in [3.05, 3.63) is 53.6 Å². The average molecular weight is 419 g/mol. The molecule has 5 nitrogen and oxygen atoms in total. The highest BCUT2D eigenvalue weighted by atomic mass is 32.2. The Morgan fingerprint density at radius 2 is 1.82 bits per heavy atom. The van der Waals surface area contributed by atoms with E-state index in [1.165, 1.54) is 21.6 Å². The standard InChI is InChI=1S/C21H26N2O3S2/c1-16-9-10-20(17(2)13-16)27-15-21(24)22-18-7-6-8-19(14-18)28(25,26)23-11-4-3-5-12-23/h6-10,13-14H,3-5,11-12,15H2,1-2H3,(H,22,24). The quantitative estimate of drug-likeness (QED) is 0.714. The molecule has 0 saturated carbocycles. The van der Waals surface area contributed by atoms with E-state index in [4.69, 9.17) is 0 Å². The minimum Gasteiger partial charge on any atom is -0.325 e. The predicted octanol–water partition coefficient (Wildman–Crippen LogP) is 4.21. The molecule has 0 spiro atoms. The molecular formula is C21H26N2O3S2. The van der Waals surface area contributed by atoms with Crippen molar-refractivity contribution < 1.29 is 13.2 Å². The molecule has 0 radical (unpaired) electrons. The smallest absolute Gasteiger partial charge is 0.243 e. The number of carbonyl (C=O) groups is 1. The number of carbonyl (C=O) groups excluding carboxylic acids is 1. The summed E-state index contributed by atoms with van der Waals surface area (Å²) in [5.41, 5.74) is 2.84. The van der Waals surface area contributed by atoms with Gasteiger partial charge >= 0.3 is 0 Å². The second-order valence-corrected chi connectivity index (χ2v) is 10.1. The number of benzene rings is 2. The molecule has 0 atom stereocenters. The number of hydrogen-bond acceptors (Lipinski definition) is 4. The first-order valence-corrected chi connectivity index (χ1v) is 11.9. The molecule has 0 unspecified atom stereocenters. The lowest BCUT2D eigenvalue weighted by molar-refractivity contribution is -0.113. The second-order valence-electron chi connectivity index (χ2n) is 7.10. The molecule has 0 bridgehead atoms. The number of sulfonamides is 1. The Morgan fingerprint density at radius 3 is 2.54 bits per heavy atom. The molecule has 1 heterocycles. The van der Waals surface area contributed by atoms with Crippen LogP contribution in [0.25, 0.3) is 0 Å². The zero-order chi connectivity index (χ0) is 20.1. The molecular weight excluding hydrogens is 392 g/mol. The summed E-state index contributed by atoms with van der Waals surface area (Å²) >= 11 is 1.48. The number of piperidine rings is 1. The molecule has 1 N–H and O–H groups in total. The molecule has 2 aromatic carbocycles. The van der Waals surface area contributed by atoms with Gasteiger partial charge in [0.15, 0.2) is 0 Å². The van der Waals surface area contributed by atoms with Gasteiger partial charge in [-0.05, 0) is 56.5 Å². The Bertz CT molecular complexity index is 952. The SMILES string of the molecule is Cc1ccc(SCC(=O)Nc2cccc(S(=O)(=O)N3CCCCC3)c2)c(C)c1. The number of anilines is 1. The van der Waals surface area contributed by atoms with Crippen LogP contribution in [0.15, 0.2) is 52.3 Å². The topological polar surface area (TPSA) is 66.5 Å². The van der Waals surface area contributed by atoms with E-state index in [0.29, 0.717) is 18.8 Å². The van der Waals surface area contributed by atoms with Crippen LogP contribution in [0.1, 0.15) is 30.4 Å². The lowest BCUT2D eigenvalue weighted by Gasteiger charge is -2.26. The van der Waals surface area contributed by atoms with Crippen molar-refractivity contribution in [2.24, 2.45) is 0 Å². The van der Waals surface area contributed by atoms with Crippen LogP contribution in [0.4, 0.5) is 5.69 Å². The Labute approximate surface area is 171 Å². The Kier molecular flexibility index (Phi) is 6.80. The fraction of sp³-hybridized carbons (Fsp3) is 0.381. The highest BCUT2D eigenvalue weighted by Gasteiger charge is 2.26. The van der Waals surface area contributed by atoms with Gasteiger partial charge in [0.1, 0.15) is 0 Å². The molecule has 0 aromatic heterocycles. The van der Waals surface area contributed by atoms with Gasteiger partial charge in [-0.3, -0.25) is 4.79 Å². The summed E-state index contributed by atoms with van der Waals surface area (Å²) in [6.45, 7) is 5.19. The van der Waals surface area contributed by atoms with Gasteiger partial charge in [0.2, 0.25) is 15.9 Å². The molecule has 1 saturated heterocycles. The molecule has 3 rings (SSSR count). The van der Waals surface area contributed by atoms with E-state index in [2.05, 4.69) is 11.4 Å². The van der Waals surface area contributed by atoms with E-state index in [0.717, 1.165) is 29.7 Å². The van der Waals surface area contributed by atoms with Crippen molar-refractivity contribution in [1.82, 2.24) is 4.31 Å². The number of amides is 1. The third-order valence-electron chi connectivity index (χ3n) is 4.76. The molecule has 150 valence electrons. The van der Waals surface area contributed by atoms with Crippen LogP contribution in [0.5, 0.6) is 0 Å². The van der Waals surface area contributed by atoms with Gasteiger partial charge in [-0.2, -0.15) is 4.31 Å². The molecule has 2 aromatic rings. The van der Waals surface area contributed by atoms with E-state index < -0.39 is 10.0 Å². The van der Waals surface area contributed by atoms with Crippen LogP contribution in [-0.2, 0) is 14.8 Å². The van der Waals surface area contributed by atoms with Gasteiger partial charge in [0, 0.05) is 23.7 Å². The first kappa shape index (κ1) is 20.9. The summed E-state index contributed by atoms with van der Waals surface area (Å²) in [6.07, 6.45) is 2.86. The number of nitrogens with zero attached hydrogens (tertiary/aromatic N) is 1. The Balaban J connectivity index is 1.64. The fourth-order valence-electron chi connectivity index (χ4n) is 3.29. The molecule has 1 fully saturated rings. The fourth-order valence-corrected chi connectivity index (χ4v) is 5.66. The number of hydrogen-bond donors (Lipinski definition) is 1. The number of rotatable bonds is 6. The van der Waals surface area contributed by atoms with E-state index >= 15 is 0 Å². The summed E-state index contributed by atoms with van der Waals surface area (Å²) in [6, 6.07) is 12.7. The average Bonchev–Trinajstić information content (AvgIpc) is 2.68. The highest BCUT2D eigenvalue weighted by molar-refractivity contribution is 8.00.